The molecule has 0 bridgehead atoms. The topological polar surface area (TPSA) is 77.1 Å². The summed E-state index contributed by atoms with van der Waals surface area (Å²) in [4.78, 5) is 26.1. The SMILES string of the molecule is COCCCNC(=O)[C@@H]1CC(=O)N(c2ccc(OC)cc2OC)C1. The highest BCUT2D eigenvalue weighted by molar-refractivity contribution is 6.01. The van der Waals surface area contributed by atoms with Crippen LogP contribution in [0.2, 0.25) is 0 Å². The minimum Gasteiger partial charge on any atom is -0.497 e. The number of benzene rings is 1. The van der Waals surface area contributed by atoms with Gasteiger partial charge in [0.15, 0.2) is 0 Å². The molecule has 0 unspecified atom stereocenters. The molecule has 7 nitrogen and oxygen atoms in total. The molecule has 0 aliphatic carbocycles. The van der Waals surface area contributed by atoms with E-state index in [0.29, 0.717) is 36.9 Å². The second-order valence-corrected chi connectivity index (χ2v) is 5.58. The van der Waals surface area contributed by atoms with Crippen molar-refractivity contribution in [3.05, 3.63) is 18.2 Å². The number of carbonyl (C=O) groups is 2. The molecule has 2 rings (SSSR count). The van der Waals surface area contributed by atoms with Crippen LogP contribution in [0.4, 0.5) is 5.69 Å². The smallest absolute Gasteiger partial charge is 0.227 e. The highest BCUT2D eigenvalue weighted by atomic mass is 16.5. The molecule has 2 amide bonds. The number of nitrogens with one attached hydrogen (secondary N) is 1. The standard InChI is InChI=1S/C17H24N2O5/c1-22-8-4-7-18-17(21)12-9-16(20)19(11-12)14-6-5-13(23-2)10-15(14)24-3/h5-6,10,12H,4,7-9,11H2,1-3H3,(H,18,21)/t12-/m1/s1. The van der Waals surface area contributed by atoms with Crippen LogP contribution in [0.25, 0.3) is 0 Å². The number of ether oxygens (including phenoxy) is 3. The lowest BCUT2D eigenvalue weighted by Crippen LogP contribution is -2.33. The molecule has 132 valence electrons. The maximum atomic E-state index is 12.3. The predicted molar refractivity (Wildman–Crippen MR) is 89.5 cm³/mol. The highest BCUT2D eigenvalue weighted by Gasteiger charge is 2.36. The van der Waals surface area contributed by atoms with Gasteiger partial charge in [0.2, 0.25) is 11.8 Å². The molecule has 1 aliphatic rings. The minimum atomic E-state index is -0.355. The first-order valence-electron chi connectivity index (χ1n) is 7.89. The number of amides is 2. The summed E-state index contributed by atoms with van der Waals surface area (Å²) in [6, 6.07) is 5.26. The van der Waals surface area contributed by atoms with Crippen molar-refractivity contribution in [2.24, 2.45) is 5.92 Å². The average Bonchev–Trinajstić information content (AvgIpc) is 2.99. The third-order valence-electron chi connectivity index (χ3n) is 4.00. The zero-order valence-corrected chi connectivity index (χ0v) is 14.3. The van der Waals surface area contributed by atoms with Crippen molar-refractivity contribution in [1.29, 1.82) is 0 Å². The van der Waals surface area contributed by atoms with E-state index in [-0.39, 0.29) is 24.2 Å². The van der Waals surface area contributed by atoms with Gasteiger partial charge in [-0.1, -0.05) is 0 Å². The molecule has 1 aromatic rings. The molecular weight excluding hydrogens is 312 g/mol. The molecular formula is C17H24N2O5. The van der Waals surface area contributed by atoms with Gasteiger partial charge in [0.1, 0.15) is 11.5 Å². The summed E-state index contributed by atoms with van der Waals surface area (Å²) in [6.07, 6.45) is 0.949. The Balaban J connectivity index is 2.03. The first-order chi connectivity index (χ1) is 11.6. The molecule has 7 heteroatoms. The van der Waals surface area contributed by atoms with Gasteiger partial charge in [-0.3, -0.25) is 9.59 Å². The summed E-state index contributed by atoms with van der Waals surface area (Å²) in [5, 5.41) is 2.85. The summed E-state index contributed by atoms with van der Waals surface area (Å²) in [6.45, 7) is 1.49. The Hall–Kier alpha value is -2.28. The van der Waals surface area contributed by atoms with Gasteiger partial charge in [-0.2, -0.15) is 0 Å². The Labute approximate surface area is 141 Å². The van der Waals surface area contributed by atoms with Crippen LogP contribution in [0.1, 0.15) is 12.8 Å². The van der Waals surface area contributed by atoms with Crippen LogP contribution in [0, 0.1) is 5.92 Å². The Morgan fingerprint density at radius 1 is 1.29 bits per heavy atom. The van der Waals surface area contributed by atoms with E-state index in [2.05, 4.69) is 5.32 Å². The predicted octanol–water partition coefficient (Wildman–Crippen LogP) is 1.21. The number of rotatable bonds is 8. The van der Waals surface area contributed by atoms with Crippen molar-refractivity contribution in [2.75, 3.05) is 45.9 Å². The second kappa shape index (κ2) is 8.54. The fourth-order valence-corrected chi connectivity index (χ4v) is 2.70. The quantitative estimate of drug-likeness (QED) is 0.722. The van der Waals surface area contributed by atoms with Gasteiger partial charge in [-0.15, -0.1) is 0 Å². The summed E-state index contributed by atoms with van der Waals surface area (Å²) in [7, 11) is 4.73. The third-order valence-corrected chi connectivity index (χ3v) is 4.00. The Morgan fingerprint density at radius 2 is 2.08 bits per heavy atom. The van der Waals surface area contributed by atoms with Crippen LogP contribution in [0.5, 0.6) is 11.5 Å². The number of carbonyl (C=O) groups excluding carboxylic acids is 2. The van der Waals surface area contributed by atoms with Gasteiger partial charge in [-0.05, 0) is 18.6 Å². The summed E-state index contributed by atoms with van der Waals surface area (Å²) < 4.78 is 15.5. The van der Waals surface area contributed by atoms with Gasteiger partial charge >= 0.3 is 0 Å². The Morgan fingerprint density at radius 3 is 2.75 bits per heavy atom. The van der Waals surface area contributed by atoms with Gasteiger partial charge in [-0.25, -0.2) is 0 Å². The van der Waals surface area contributed by atoms with Gasteiger partial charge < -0.3 is 24.4 Å². The van der Waals surface area contributed by atoms with Crippen LogP contribution >= 0.6 is 0 Å². The van der Waals surface area contributed by atoms with E-state index in [1.807, 2.05) is 0 Å². The Kier molecular flexibility index (Phi) is 6.43. The largest absolute Gasteiger partial charge is 0.497 e. The van der Waals surface area contributed by atoms with Crippen molar-refractivity contribution in [3.63, 3.8) is 0 Å². The zero-order chi connectivity index (χ0) is 17.5. The molecule has 1 saturated heterocycles. The van der Waals surface area contributed by atoms with Crippen molar-refractivity contribution >= 4 is 17.5 Å². The van der Waals surface area contributed by atoms with Crippen LogP contribution in [0.15, 0.2) is 18.2 Å². The fraction of sp³-hybridized carbons (Fsp3) is 0.529. The molecule has 1 aromatic carbocycles. The van der Waals surface area contributed by atoms with Crippen LogP contribution in [0.3, 0.4) is 0 Å². The fourth-order valence-electron chi connectivity index (χ4n) is 2.70. The monoisotopic (exact) mass is 336 g/mol. The van der Waals surface area contributed by atoms with Crippen molar-refractivity contribution in [2.45, 2.75) is 12.8 Å². The number of methoxy groups -OCH3 is 3. The molecule has 1 heterocycles. The van der Waals surface area contributed by atoms with Gasteiger partial charge in [0, 0.05) is 39.3 Å². The van der Waals surface area contributed by atoms with Gasteiger partial charge in [0.05, 0.1) is 25.8 Å². The number of hydrogen-bond acceptors (Lipinski definition) is 5. The minimum absolute atomic E-state index is 0.0875. The van der Waals surface area contributed by atoms with E-state index in [9.17, 15) is 9.59 Å². The maximum Gasteiger partial charge on any atom is 0.227 e. The lowest BCUT2D eigenvalue weighted by molar-refractivity contribution is -0.126. The maximum absolute atomic E-state index is 12.3. The summed E-state index contributed by atoms with van der Waals surface area (Å²) in [5.41, 5.74) is 0.651. The molecule has 1 atom stereocenters. The second-order valence-electron chi connectivity index (χ2n) is 5.58. The van der Waals surface area contributed by atoms with Crippen LogP contribution in [-0.4, -0.2) is 52.8 Å². The molecule has 1 N–H and O–H groups in total. The molecule has 0 spiro atoms. The molecule has 0 saturated carbocycles. The van der Waals surface area contributed by atoms with E-state index in [4.69, 9.17) is 14.2 Å². The van der Waals surface area contributed by atoms with E-state index < -0.39 is 0 Å². The molecule has 1 fully saturated rings. The number of anilines is 1. The molecule has 1 aliphatic heterocycles. The molecule has 0 aromatic heterocycles. The molecule has 0 radical (unpaired) electrons. The summed E-state index contributed by atoms with van der Waals surface area (Å²) >= 11 is 0. The lowest BCUT2D eigenvalue weighted by atomic mass is 10.1. The number of hydrogen-bond donors (Lipinski definition) is 1. The average molecular weight is 336 g/mol. The molecule has 24 heavy (non-hydrogen) atoms. The van der Waals surface area contributed by atoms with Crippen molar-refractivity contribution < 1.29 is 23.8 Å². The highest BCUT2D eigenvalue weighted by Crippen LogP contribution is 2.35. The number of nitrogens with zero attached hydrogens (tertiary/aromatic N) is 1. The first kappa shape index (κ1) is 18.1. The van der Waals surface area contributed by atoms with Gasteiger partial charge in [0.25, 0.3) is 0 Å². The van der Waals surface area contributed by atoms with E-state index >= 15 is 0 Å². The van der Waals surface area contributed by atoms with Crippen molar-refractivity contribution in [3.8, 4) is 11.5 Å². The lowest BCUT2D eigenvalue weighted by Gasteiger charge is -2.20. The van der Waals surface area contributed by atoms with E-state index in [1.54, 1.807) is 44.4 Å². The van der Waals surface area contributed by atoms with Crippen LogP contribution in [-0.2, 0) is 14.3 Å². The normalized spacial score (nSPS) is 17.0. The van der Waals surface area contributed by atoms with E-state index in [0.717, 1.165) is 6.42 Å². The van der Waals surface area contributed by atoms with Crippen LogP contribution < -0.4 is 19.7 Å². The Bertz CT molecular complexity index is 590. The third kappa shape index (κ3) is 4.17. The summed E-state index contributed by atoms with van der Waals surface area (Å²) in [5.74, 6) is 0.648. The van der Waals surface area contributed by atoms with Crippen molar-refractivity contribution in [1.82, 2.24) is 5.32 Å². The first-order valence-corrected chi connectivity index (χ1v) is 7.89. The zero-order valence-electron chi connectivity index (χ0n) is 14.3. The van der Waals surface area contributed by atoms with E-state index in [1.165, 1.54) is 0 Å².